The van der Waals surface area contributed by atoms with Crippen LogP contribution in [0.15, 0.2) is 36.5 Å². The van der Waals surface area contributed by atoms with Crippen molar-refractivity contribution < 1.29 is 9.53 Å². The van der Waals surface area contributed by atoms with E-state index in [4.69, 9.17) is 27.9 Å². The van der Waals surface area contributed by atoms with E-state index in [1.807, 2.05) is 25.2 Å². The zero-order valence-electron chi connectivity index (χ0n) is 14.2. The van der Waals surface area contributed by atoms with Crippen LogP contribution < -0.4 is 15.4 Å². The maximum absolute atomic E-state index is 11.3. The van der Waals surface area contributed by atoms with Gasteiger partial charge in [-0.25, -0.2) is 4.98 Å². The lowest BCUT2D eigenvalue weighted by Crippen LogP contribution is -2.33. The van der Waals surface area contributed by atoms with Gasteiger partial charge in [0.2, 0.25) is 5.91 Å². The number of rotatable bonds is 7. The summed E-state index contributed by atoms with van der Waals surface area (Å²) < 4.78 is 5.88. The van der Waals surface area contributed by atoms with Crippen molar-refractivity contribution in [3.8, 4) is 16.9 Å². The maximum Gasteiger partial charge on any atom is 0.239 e. The summed E-state index contributed by atoms with van der Waals surface area (Å²) in [5, 5.41) is 6.39. The molecule has 3 rings (SSSR count). The molecule has 0 radical (unpaired) electrons. The van der Waals surface area contributed by atoms with Gasteiger partial charge in [0, 0.05) is 11.3 Å². The van der Waals surface area contributed by atoms with Crippen molar-refractivity contribution in [1.29, 1.82) is 0 Å². The van der Waals surface area contributed by atoms with E-state index in [1.165, 1.54) is 0 Å². The molecule has 0 bridgehead atoms. The number of benzene rings is 1. The van der Waals surface area contributed by atoms with Gasteiger partial charge >= 0.3 is 0 Å². The summed E-state index contributed by atoms with van der Waals surface area (Å²) in [4.78, 5) is 15.5. The van der Waals surface area contributed by atoms with Crippen LogP contribution in [0.1, 0.15) is 12.8 Å². The molecule has 1 amide bonds. The van der Waals surface area contributed by atoms with Crippen LogP contribution in [0.25, 0.3) is 11.1 Å². The molecule has 0 saturated heterocycles. The van der Waals surface area contributed by atoms with Crippen LogP contribution >= 0.6 is 35.6 Å². The molecular weight excluding hydrogens is 397 g/mol. The lowest BCUT2D eigenvalue weighted by atomic mass is 10.1. The molecular formula is C18H20Cl3N3O2. The number of carbonyl (C=O) groups is 1. The number of pyridine rings is 1. The van der Waals surface area contributed by atoms with E-state index in [1.54, 1.807) is 18.3 Å². The second-order valence-corrected chi connectivity index (χ2v) is 6.71. The summed E-state index contributed by atoms with van der Waals surface area (Å²) in [5.41, 5.74) is 2.45. The highest BCUT2D eigenvalue weighted by Crippen LogP contribution is 2.36. The fraction of sp³-hybridized carbons (Fsp3) is 0.333. The average molecular weight is 417 g/mol. The number of ether oxygens (including phenoxy) is 1. The van der Waals surface area contributed by atoms with Gasteiger partial charge in [0.25, 0.3) is 0 Å². The van der Waals surface area contributed by atoms with Crippen molar-refractivity contribution in [3.05, 3.63) is 41.7 Å². The Balaban J connectivity index is 0.00000243. The van der Waals surface area contributed by atoms with E-state index < -0.39 is 0 Å². The van der Waals surface area contributed by atoms with Gasteiger partial charge in [0.15, 0.2) is 0 Å². The molecule has 2 N–H and O–H groups in total. The predicted octanol–water partition coefficient (Wildman–Crippen LogP) is 4.13. The van der Waals surface area contributed by atoms with Crippen LogP contribution in [-0.4, -0.2) is 36.0 Å². The Kier molecular flexibility index (Phi) is 7.12. The predicted molar refractivity (Wildman–Crippen MR) is 108 cm³/mol. The van der Waals surface area contributed by atoms with Gasteiger partial charge in [-0.2, -0.15) is 0 Å². The Hall–Kier alpha value is -1.53. The van der Waals surface area contributed by atoms with E-state index in [0.717, 1.165) is 24.0 Å². The first-order valence-corrected chi connectivity index (χ1v) is 8.90. The Morgan fingerprint density at radius 2 is 2.00 bits per heavy atom. The zero-order chi connectivity index (χ0) is 17.9. The fourth-order valence-corrected chi connectivity index (χ4v) is 2.76. The van der Waals surface area contributed by atoms with Gasteiger partial charge in [-0.15, -0.1) is 24.0 Å². The third kappa shape index (κ3) is 5.01. The molecule has 5 nitrogen and oxygen atoms in total. The molecule has 1 saturated carbocycles. The van der Waals surface area contributed by atoms with E-state index in [2.05, 4.69) is 15.6 Å². The minimum atomic E-state index is -0.247. The topological polar surface area (TPSA) is 63.2 Å². The smallest absolute Gasteiger partial charge is 0.239 e. The van der Waals surface area contributed by atoms with Crippen molar-refractivity contribution in [3.63, 3.8) is 0 Å². The summed E-state index contributed by atoms with van der Waals surface area (Å²) in [6.07, 6.45) is 3.87. The number of likely N-dealkylation sites (N-methyl/N-ethyl adjacent to an activating group) is 1. The largest absolute Gasteiger partial charge is 0.490 e. The molecule has 140 valence electrons. The molecule has 1 aromatic carbocycles. The average Bonchev–Trinajstić information content (AvgIpc) is 3.42. The monoisotopic (exact) mass is 415 g/mol. The van der Waals surface area contributed by atoms with E-state index in [-0.39, 0.29) is 29.7 Å². The van der Waals surface area contributed by atoms with Crippen molar-refractivity contribution >= 4 is 47.2 Å². The quantitative estimate of drug-likeness (QED) is 0.526. The second kappa shape index (κ2) is 8.91. The highest BCUT2D eigenvalue weighted by atomic mass is 35.5. The number of alkyl halides is 1. The van der Waals surface area contributed by atoms with Crippen molar-refractivity contribution in [2.75, 3.05) is 24.9 Å². The summed E-state index contributed by atoms with van der Waals surface area (Å²) in [7, 11) is 1.95. The van der Waals surface area contributed by atoms with Crippen molar-refractivity contribution in [2.24, 2.45) is 0 Å². The Labute approximate surface area is 168 Å². The molecule has 0 atom stereocenters. The molecule has 1 aliphatic carbocycles. The number of carbonyl (C=O) groups excluding carboxylic acids is 1. The number of hydrogen-bond donors (Lipinski definition) is 2. The standard InChI is InChI=1S/C18H19Cl2N3O2.ClH/c1-21-18(6-7-18)11-25-14-8-15(17(20)22-10-14)12-2-4-13(5-3-12)23-16(24)9-19;/h2-5,8,10,21H,6-7,9,11H2,1H3,(H,23,24);1H. The number of halogens is 3. The van der Waals surface area contributed by atoms with E-state index in [9.17, 15) is 4.79 Å². The normalized spacial score (nSPS) is 14.3. The van der Waals surface area contributed by atoms with E-state index in [0.29, 0.717) is 23.2 Å². The third-order valence-corrected chi connectivity index (χ3v) is 4.86. The minimum absolute atomic E-state index is 0. The molecule has 1 aliphatic rings. The molecule has 1 heterocycles. The first kappa shape index (κ1) is 20.8. The number of hydrogen-bond acceptors (Lipinski definition) is 4. The lowest BCUT2D eigenvalue weighted by Gasteiger charge is -2.16. The number of aromatic nitrogens is 1. The molecule has 0 aliphatic heterocycles. The van der Waals surface area contributed by atoms with Crippen LogP contribution in [0.3, 0.4) is 0 Å². The molecule has 1 fully saturated rings. The van der Waals surface area contributed by atoms with Crippen molar-refractivity contribution in [2.45, 2.75) is 18.4 Å². The summed E-state index contributed by atoms with van der Waals surface area (Å²) in [6, 6.07) is 9.21. The first-order chi connectivity index (χ1) is 12.0. The van der Waals surface area contributed by atoms with Crippen LogP contribution in [0.5, 0.6) is 5.75 Å². The van der Waals surface area contributed by atoms with Crippen LogP contribution in [-0.2, 0) is 4.79 Å². The molecule has 8 heteroatoms. The van der Waals surface area contributed by atoms with Gasteiger partial charge in [0.1, 0.15) is 23.4 Å². The van der Waals surface area contributed by atoms with Crippen LogP contribution in [0, 0.1) is 0 Å². The van der Waals surface area contributed by atoms with Crippen LogP contribution in [0.4, 0.5) is 5.69 Å². The van der Waals surface area contributed by atoms with Crippen molar-refractivity contribution in [1.82, 2.24) is 10.3 Å². The summed E-state index contributed by atoms with van der Waals surface area (Å²) in [6.45, 7) is 0.607. The van der Waals surface area contributed by atoms with Crippen LogP contribution in [0.2, 0.25) is 5.15 Å². The van der Waals surface area contributed by atoms with Gasteiger partial charge < -0.3 is 15.4 Å². The molecule has 26 heavy (non-hydrogen) atoms. The first-order valence-electron chi connectivity index (χ1n) is 7.99. The Morgan fingerprint density at radius 3 is 2.58 bits per heavy atom. The summed E-state index contributed by atoms with van der Waals surface area (Å²) in [5.74, 6) is 0.355. The summed E-state index contributed by atoms with van der Waals surface area (Å²) >= 11 is 11.7. The van der Waals surface area contributed by atoms with E-state index >= 15 is 0 Å². The highest BCUT2D eigenvalue weighted by Gasteiger charge is 2.41. The highest BCUT2D eigenvalue weighted by molar-refractivity contribution is 6.32. The maximum atomic E-state index is 11.3. The second-order valence-electron chi connectivity index (χ2n) is 6.09. The Morgan fingerprint density at radius 1 is 1.31 bits per heavy atom. The van der Waals surface area contributed by atoms with Gasteiger partial charge in [0.05, 0.1) is 11.7 Å². The number of nitrogens with one attached hydrogen (secondary N) is 2. The molecule has 1 aromatic heterocycles. The number of nitrogens with zero attached hydrogens (tertiary/aromatic N) is 1. The Bertz CT molecular complexity index is 765. The molecule has 0 spiro atoms. The van der Waals surface area contributed by atoms with Gasteiger partial charge in [-0.3, -0.25) is 4.79 Å². The zero-order valence-corrected chi connectivity index (χ0v) is 16.5. The molecule has 0 unspecified atom stereocenters. The van der Waals surface area contributed by atoms with Gasteiger partial charge in [-0.1, -0.05) is 23.7 Å². The lowest BCUT2D eigenvalue weighted by molar-refractivity contribution is -0.113. The number of amides is 1. The molecule has 2 aromatic rings. The SMILES string of the molecule is CNC1(COc2cnc(Cl)c(-c3ccc(NC(=O)CCl)cc3)c2)CC1.Cl. The minimum Gasteiger partial charge on any atom is -0.490 e. The van der Waals surface area contributed by atoms with Gasteiger partial charge in [-0.05, 0) is 43.7 Å². The number of anilines is 1. The third-order valence-electron chi connectivity index (χ3n) is 4.31. The fourth-order valence-electron chi connectivity index (χ4n) is 2.48.